The van der Waals surface area contributed by atoms with E-state index in [4.69, 9.17) is 17.0 Å². The fraction of sp³-hybridized carbons (Fsp3) is 0.222. The van der Waals surface area contributed by atoms with E-state index in [0.717, 1.165) is 5.56 Å². The summed E-state index contributed by atoms with van der Waals surface area (Å²) in [7, 11) is 0. The minimum atomic E-state index is -0.333. The number of hydrogen-bond donors (Lipinski definition) is 3. The van der Waals surface area contributed by atoms with E-state index in [-0.39, 0.29) is 22.9 Å². The van der Waals surface area contributed by atoms with Gasteiger partial charge in [0.25, 0.3) is 5.91 Å². The standard InChI is InChI=1S/C18H20FN3O2S/c1-12(2)24-11-13-3-5-14(6-4-13)17(23)21-22-18(25)20-16-9-7-15(19)8-10-16/h3-10,12H,11H2,1-2H3,(H,21,23)(H2,20,22,25). The Kier molecular flexibility index (Phi) is 6.85. The summed E-state index contributed by atoms with van der Waals surface area (Å²) in [4.78, 5) is 12.1. The van der Waals surface area contributed by atoms with Crippen molar-refractivity contribution >= 4 is 28.9 Å². The lowest BCUT2D eigenvalue weighted by Crippen LogP contribution is -2.43. The molecule has 0 unspecified atom stereocenters. The number of ether oxygens (including phenoxy) is 1. The van der Waals surface area contributed by atoms with Crippen LogP contribution in [-0.2, 0) is 11.3 Å². The van der Waals surface area contributed by atoms with Gasteiger partial charge in [-0.15, -0.1) is 0 Å². The number of amides is 1. The number of carbonyl (C=O) groups excluding carboxylic acids is 1. The van der Waals surface area contributed by atoms with Crippen LogP contribution < -0.4 is 16.2 Å². The second-order valence-corrected chi connectivity index (χ2v) is 6.01. The van der Waals surface area contributed by atoms with Gasteiger partial charge in [-0.25, -0.2) is 4.39 Å². The van der Waals surface area contributed by atoms with Gasteiger partial charge in [0.15, 0.2) is 5.11 Å². The molecule has 0 aliphatic carbocycles. The Morgan fingerprint density at radius 3 is 2.32 bits per heavy atom. The van der Waals surface area contributed by atoms with E-state index in [0.29, 0.717) is 17.9 Å². The van der Waals surface area contributed by atoms with E-state index in [1.165, 1.54) is 12.1 Å². The molecule has 0 aliphatic heterocycles. The molecular weight excluding hydrogens is 341 g/mol. The van der Waals surface area contributed by atoms with Crippen molar-refractivity contribution in [2.75, 3.05) is 5.32 Å². The minimum absolute atomic E-state index is 0.154. The van der Waals surface area contributed by atoms with E-state index in [1.807, 2.05) is 26.0 Å². The predicted molar refractivity (Wildman–Crippen MR) is 99.6 cm³/mol. The lowest BCUT2D eigenvalue weighted by Gasteiger charge is -2.12. The van der Waals surface area contributed by atoms with Crippen LogP contribution in [0.2, 0.25) is 0 Å². The zero-order valence-corrected chi connectivity index (χ0v) is 14.8. The van der Waals surface area contributed by atoms with Gasteiger partial charge in [-0.2, -0.15) is 0 Å². The number of nitrogens with one attached hydrogen (secondary N) is 3. The first-order chi connectivity index (χ1) is 11.9. The zero-order valence-electron chi connectivity index (χ0n) is 14.0. The van der Waals surface area contributed by atoms with Crippen LogP contribution >= 0.6 is 12.2 Å². The zero-order chi connectivity index (χ0) is 18.2. The third kappa shape index (κ3) is 6.48. The molecular formula is C18H20FN3O2S. The molecule has 132 valence electrons. The Hall–Kier alpha value is -2.51. The Morgan fingerprint density at radius 2 is 1.72 bits per heavy atom. The van der Waals surface area contributed by atoms with Gasteiger partial charge >= 0.3 is 0 Å². The molecule has 0 atom stereocenters. The van der Waals surface area contributed by atoms with Crippen molar-refractivity contribution in [2.24, 2.45) is 0 Å². The number of halogens is 1. The Morgan fingerprint density at radius 1 is 1.08 bits per heavy atom. The third-order valence-corrected chi connectivity index (χ3v) is 3.40. The highest BCUT2D eigenvalue weighted by molar-refractivity contribution is 7.80. The summed E-state index contributed by atoms with van der Waals surface area (Å²) >= 11 is 5.07. The molecule has 5 nitrogen and oxygen atoms in total. The van der Waals surface area contributed by atoms with Crippen LogP contribution in [0, 0.1) is 5.82 Å². The number of thiocarbonyl (C=S) groups is 1. The number of hydrazine groups is 1. The first-order valence-electron chi connectivity index (χ1n) is 7.77. The van der Waals surface area contributed by atoms with Crippen LogP contribution in [0.25, 0.3) is 0 Å². The Balaban J connectivity index is 1.81. The minimum Gasteiger partial charge on any atom is -0.374 e. The Bertz CT molecular complexity index is 718. The lowest BCUT2D eigenvalue weighted by atomic mass is 10.1. The highest BCUT2D eigenvalue weighted by Gasteiger charge is 2.06. The van der Waals surface area contributed by atoms with E-state index >= 15 is 0 Å². The maximum Gasteiger partial charge on any atom is 0.269 e. The molecule has 2 aromatic rings. The van der Waals surface area contributed by atoms with Crippen LogP contribution in [-0.4, -0.2) is 17.1 Å². The van der Waals surface area contributed by atoms with Crippen molar-refractivity contribution in [3.8, 4) is 0 Å². The molecule has 0 bridgehead atoms. The van der Waals surface area contributed by atoms with Gasteiger partial charge in [0.05, 0.1) is 12.7 Å². The van der Waals surface area contributed by atoms with E-state index in [9.17, 15) is 9.18 Å². The van der Waals surface area contributed by atoms with Gasteiger partial charge < -0.3 is 10.1 Å². The van der Waals surface area contributed by atoms with Crippen LogP contribution in [0.5, 0.6) is 0 Å². The topological polar surface area (TPSA) is 62.4 Å². The molecule has 0 aromatic heterocycles. The van der Waals surface area contributed by atoms with Gasteiger partial charge in [-0.1, -0.05) is 12.1 Å². The van der Waals surface area contributed by atoms with Gasteiger partial charge in [0, 0.05) is 11.3 Å². The van der Waals surface area contributed by atoms with Crippen LogP contribution in [0.3, 0.4) is 0 Å². The molecule has 0 saturated carbocycles. The van der Waals surface area contributed by atoms with Gasteiger partial charge in [0.1, 0.15) is 5.82 Å². The van der Waals surface area contributed by atoms with E-state index in [2.05, 4.69) is 16.2 Å². The normalized spacial score (nSPS) is 10.4. The quantitative estimate of drug-likeness (QED) is 0.563. The summed E-state index contributed by atoms with van der Waals surface area (Å²) in [6.07, 6.45) is 0.154. The molecule has 1 amide bonds. The maximum atomic E-state index is 12.8. The Labute approximate surface area is 151 Å². The molecule has 0 radical (unpaired) electrons. The smallest absolute Gasteiger partial charge is 0.269 e. The maximum absolute atomic E-state index is 12.8. The number of anilines is 1. The van der Waals surface area contributed by atoms with E-state index in [1.54, 1.807) is 24.3 Å². The summed E-state index contributed by atoms with van der Waals surface area (Å²) in [5, 5.41) is 3.03. The molecule has 2 rings (SSSR count). The van der Waals surface area contributed by atoms with Crippen LogP contribution in [0.4, 0.5) is 10.1 Å². The lowest BCUT2D eigenvalue weighted by molar-refractivity contribution is 0.0656. The number of carbonyl (C=O) groups is 1. The largest absolute Gasteiger partial charge is 0.374 e. The SMILES string of the molecule is CC(C)OCc1ccc(C(=O)NNC(=S)Nc2ccc(F)cc2)cc1. The molecule has 0 heterocycles. The third-order valence-electron chi connectivity index (χ3n) is 3.19. The van der Waals surface area contributed by atoms with Crippen molar-refractivity contribution in [3.05, 3.63) is 65.5 Å². The summed E-state index contributed by atoms with van der Waals surface area (Å²) < 4.78 is 18.4. The average molecular weight is 361 g/mol. The summed E-state index contributed by atoms with van der Waals surface area (Å²) in [6.45, 7) is 4.44. The summed E-state index contributed by atoms with van der Waals surface area (Å²) in [5.41, 5.74) is 7.20. The fourth-order valence-corrected chi connectivity index (χ4v) is 2.07. The number of rotatable bonds is 5. The first kappa shape index (κ1) is 18.8. The summed E-state index contributed by atoms with van der Waals surface area (Å²) in [5.74, 6) is -0.653. The molecule has 0 fully saturated rings. The van der Waals surface area contributed by atoms with Gasteiger partial charge in [0.2, 0.25) is 0 Å². The van der Waals surface area contributed by atoms with Crippen molar-refractivity contribution in [2.45, 2.75) is 26.6 Å². The molecule has 0 spiro atoms. The van der Waals surface area contributed by atoms with Gasteiger partial charge in [-0.05, 0) is 68.0 Å². The van der Waals surface area contributed by atoms with Crippen LogP contribution in [0.1, 0.15) is 29.8 Å². The fourth-order valence-electron chi connectivity index (χ4n) is 1.90. The van der Waals surface area contributed by atoms with Crippen molar-refractivity contribution < 1.29 is 13.9 Å². The molecule has 3 N–H and O–H groups in total. The second kappa shape index (κ2) is 9.10. The molecule has 7 heteroatoms. The van der Waals surface area contributed by atoms with Crippen molar-refractivity contribution in [1.82, 2.24) is 10.9 Å². The monoisotopic (exact) mass is 361 g/mol. The van der Waals surface area contributed by atoms with Crippen molar-refractivity contribution in [3.63, 3.8) is 0 Å². The molecule has 2 aromatic carbocycles. The number of hydrogen-bond acceptors (Lipinski definition) is 3. The highest BCUT2D eigenvalue weighted by atomic mass is 32.1. The van der Waals surface area contributed by atoms with Crippen LogP contribution in [0.15, 0.2) is 48.5 Å². The van der Waals surface area contributed by atoms with E-state index < -0.39 is 0 Å². The number of benzene rings is 2. The second-order valence-electron chi connectivity index (χ2n) is 5.60. The van der Waals surface area contributed by atoms with Crippen molar-refractivity contribution in [1.29, 1.82) is 0 Å². The first-order valence-corrected chi connectivity index (χ1v) is 8.18. The van der Waals surface area contributed by atoms with Gasteiger partial charge in [-0.3, -0.25) is 15.6 Å². The molecule has 0 saturated heterocycles. The average Bonchev–Trinajstić information content (AvgIpc) is 2.60. The molecule has 25 heavy (non-hydrogen) atoms. The summed E-state index contributed by atoms with van der Waals surface area (Å²) in [6, 6.07) is 12.8. The highest BCUT2D eigenvalue weighted by Crippen LogP contribution is 2.08. The molecule has 0 aliphatic rings. The predicted octanol–water partition coefficient (Wildman–Crippen LogP) is 3.38.